The van der Waals surface area contributed by atoms with Gasteiger partial charge in [-0.1, -0.05) is 266 Å². The van der Waals surface area contributed by atoms with E-state index >= 15 is 0 Å². The predicted octanol–water partition coefficient (Wildman–Crippen LogP) is 17.9. The zero-order valence-electron chi connectivity index (χ0n) is 42.7. The van der Waals surface area contributed by atoms with Crippen molar-refractivity contribution in [2.75, 3.05) is 13.2 Å². The number of rotatable bonds is 49. The highest BCUT2D eigenvalue weighted by molar-refractivity contribution is 5.71. The summed E-state index contributed by atoms with van der Waals surface area (Å²) in [6.45, 7) is 13.7. The van der Waals surface area contributed by atoms with Gasteiger partial charge in [0.25, 0.3) is 0 Å². The van der Waals surface area contributed by atoms with Crippen molar-refractivity contribution in [1.82, 2.24) is 0 Å². The highest BCUT2D eigenvalue weighted by atomic mass is 16.6. The van der Waals surface area contributed by atoms with Gasteiger partial charge in [-0.25, -0.2) is 0 Å². The van der Waals surface area contributed by atoms with Crippen molar-refractivity contribution in [2.45, 2.75) is 311 Å². The number of ether oxygens (including phenoxy) is 3. The normalized spacial score (nSPS) is 12.6. The lowest BCUT2D eigenvalue weighted by molar-refractivity contribution is -0.167. The van der Waals surface area contributed by atoms with Gasteiger partial charge < -0.3 is 14.2 Å². The molecular formula is C56H108O6. The van der Waals surface area contributed by atoms with Gasteiger partial charge in [-0.2, -0.15) is 0 Å². The maximum Gasteiger partial charge on any atom is 0.306 e. The fourth-order valence-electron chi connectivity index (χ4n) is 8.44. The van der Waals surface area contributed by atoms with Gasteiger partial charge in [0.05, 0.1) is 0 Å². The first-order chi connectivity index (χ1) is 30.1. The van der Waals surface area contributed by atoms with Crippen LogP contribution in [-0.2, 0) is 28.6 Å². The van der Waals surface area contributed by atoms with Crippen molar-refractivity contribution in [1.29, 1.82) is 0 Å². The summed E-state index contributed by atoms with van der Waals surface area (Å²) in [5.41, 5.74) is 0. The molecule has 0 aliphatic carbocycles. The van der Waals surface area contributed by atoms with Crippen LogP contribution in [0.2, 0.25) is 0 Å². The maximum atomic E-state index is 12.8. The molecule has 0 aromatic heterocycles. The summed E-state index contributed by atoms with van der Waals surface area (Å²) in [6, 6.07) is 0. The average Bonchev–Trinajstić information content (AvgIpc) is 3.24. The van der Waals surface area contributed by atoms with E-state index in [2.05, 4.69) is 41.5 Å². The molecule has 368 valence electrons. The molecule has 0 saturated heterocycles. The van der Waals surface area contributed by atoms with Gasteiger partial charge in [0.2, 0.25) is 0 Å². The molecule has 0 spiro atoms. The Kier molecular flexibility index (Phi) is 46.2. The van der Waals surface area contributed by atoms with Crippen molar-refractivity contribution in [3.8, 4) is 0 Å². The van der Waals surface area contributed by atoms with Crippen LogP contribution < -0.4 is 0 Å². The average molecular weight is 877 g/mol. The molecule has 0 radical (unpaired) electrons. The summed E-state index contributed by atoms with van der Waals surface area (Å²) < 4.78 is 16.8. The third kappa shape index (κ3) is 47.9. The molecule has 1 unspecified atom stereocenters. The number of esters is 3. The number of hydrogen-bond acceptors (Lipinski definition) is 6. The minimum atomic E-state index is -0.763. The Morgan fingerprint density at radius 1 is 0.323 bits per heavy atom. The maximum absolute atomic E-state index is 12.8. The largest absolute Gasteiger partial charge is 0.462 e. The molecule has 0 fully saturated rings. The number of unbranched alkanes of at least 4 members (excludes halogenated alkanes) is 31. The first-order valence-corrected chi connectivity index (χ1v) is 27.6. The Morgan fingerprint density at radius 3 is 0.839 bits per heavy atom. The number of hydrogen-bond donors (Lipinski definition) is 0. The summed E-state index contributed by atoms with van der Waals surface area (Å²) in [5.74, 6) is 1.64. The van der Waals surface area contributed by atoms with Gasteiger partial charge in [0.1, 0.15) is 13.2 Å². The highest BCUT2D eigenvalue weighted by Gasteiger charge is 2.19. The second-order valence-electron chi connectivity index (χ2n) is 20.4. The molecule has 0 aromatic carbocycles. The first-order valence-electron chi connectivity index (χ1n) is 27.6. The Balaban J connectivity index is 4.21. The van der Waals surface area contributed by atoms with E-state index < -0.39 is 6.10 Å². The van der Waals surface area contributed by atoms with Gasteiger partial charge in [-0.05, 0) is 37.0 Å². The van der Waals surface area contributed by atoms with Crippen LogP contribution in [0.1, 0.15) is 305 Å². The molecule has 0 heterocycles. The summed E-state index contributed by atoms with van der Waals surface area (Å²) in [6.07, 6.45) is 48.2. The number of carbonyl (C=O) groups excluding carboxylic acids is 3. The smallest absolute Gasteiger partial charge is 0.306 e. The molecule has 62 heavy (non-hydrogen) atoms. The molecule has 0 saturated carbocycles. The van der Waals surface area contributed by atoms with Gasteiger partial charge in [0.15, 0.2) is 6.10 Å². The molecule has 0 bridgehead atoms. The highest BCUT2D eigenvalue weighted by Crippen LogP contribution is 2.18. The van der Waals surface area contributed by atoms with E-state index in [-0.39, 0.29) is 31.1 Å². The Labute approximate surface area is 387 Å². The fraction of sp³-hybridized carbons (Fsp3) is 0.946. The molecule has 0 aliphatic heterocycles. The van der Waals surface area contributed by atoms with E-state index in [4.69, 9.17) is 14.2 Å². The van der Waals surface area contributed by atoms with Crippen LogP contribution in [0.15, 0.2) is 0 Å². The zero-order valence-corrected chi connectivity index (χ0v) is 42.7. The molecule has 0 N–H and O–H groups in total. The van der Waals surface area contributed by atoms with Crippen molar-refractivity contribution in [3.63, 3.8) is 0 Å². The minimum Gasteiger partial charge on any atom is -0.462 e. The Morgan fingerprint density at radius 2 is 0.565 bits per heavy atom. The van der Waals surface area contributed by atoms with E-state index in [1.54, 1.807) is 0 Å². The topological polar surface area (TPSA) is 78.9 Å². The molecule has 2 atom stereocenters. The summed E-state index contributed by atoms with van der Waals surface area (Å²) in [5, 5.41) is 0. The quantitative estimate of drug-likeness (QED) is 0.0344. The van der Waals surface area contributed by atoms with E-state index in [9.17, 15) is 14.4 Å². The van der Waals surface area contributed by atoms with E-state index in [1.165, 1.54) is 186 Å². The molecule has 0 rings (SSSR count). The van der Waals surface area contributed by atoms with Crippen LogP contribution in [0.5, 0.6) is 0 Å². The summed E-state index contributed by atoms with van der Waals surface area (Å²) in [4.78, 5) is 38.0. The third-order valence-electron chi connectivity index (χ3n) is 13.0. The monoisotopic (exact) mass is 877 g/mol. The lowest BCUT2D eigenvalue weighted by Crippen LogP contribution is -2.30. The van der Waals surface area contributed by atoms with E-state index in [0.29, 0.717) is 19.3 Å². The van der Waals surface area contributed by atoms with Crippen LogP contribution in [0.3, 0.4) is 0 Å². The molecular weight excluding hydrogens is 769 g/mol. The van der Waals surface area contributed by atoms with Crippen LogP contribution in [-0.4, -0.2) is 37.2 Å². The van der Waals surface area contributed by atoms with Crippen molar-refractivity contribution in [2.24, 2.45) is 17.8 Å². The summed E-state index contributed by atoms with van der Waals surface area (Å²) >= 11 is 0. The first kappa shape index (κ1) is 60.4. The standard InChI is InChI=1S/C56H108O6/c1-7-52(6)44-38-32-28-29-34-40-46-55(58)61-49-53(62-56(59)47-41-35-27-23-19-18-21-25-31-37-43-51(4)5)48-60-54(57)45-39-33-26-22-17-15-13-11-9-8-10-12-14-16-20-24-30-36-42-50(2)3/h50-53H,7-49H2,1-6H3/t52?,53-/m1/s1. The second kappa shape index (κ2) is 47.4. The molecule has 0 aliphatic rings. The molecule has 6 nitrogen and oxygen atoms in total. The fourth-order valence-corrected chi connectivity index (χ4v) is 8.44. The van der Waals surface area contributed by atoms with E-state index in [0.717, 1.165) is 75.5 Å². The zero-order chi connectivity index (χ0) is 45.6. The van der Waals surface area contributed by atoms with Gasteiger partial charge in [0, 0.05) is 19.3 Å². The van der Waals surface area contributed by atoms with Gasteiger partial charge in [-0.3, -0.25) is 14.4 Å². The molecule has 0 amide bonds. The van der Waals surface area contributed by atoms with E-state index in [1.807, 2.05) is 0 Å². The number of carbonyl (C=O) groups is 3. The molecule has 0 aromatic rings. The van der Waals surface area contributed by atoms with Crippen molar-refractivity contribution < 1.29 is 28.6 Å². The third-order valence-corrected chi connectivity index (χ3v) is 13.0. The van der Waals surface area contributed by atoms with Crippen LogP contribution >= 0.6 is 0 Å². The van der Waals surface area contributed by atoms with Crippen molar-refractivity contribution >= 4 is 17.9 Å². The van der Waals surface area contributed by atoms with Crippen LogP contribution in [0, 0.1) is 17.8 Å². The lowest BCUT2D eigenvalue weighted by atomic mass is 10.00. The summed E-state index contributed by atoms with van der Waals surface area (Å²) in [7, 11) is 0. The Hall–Kier alpha value is -1.59. The predicted molar refractivity (Wildman–Crippen MR) is 266 cm³/mol. The second-order valence-corrected chi connectivity index (χ2v) is 20.4. The van der Waals surface area contributed by atoms with Crippen LogP contribution in [0.4, 0.5) is 0 Å². The van der Waals surface area contributed by atoms with Gasteiger partial charge >= 0.3 is 17.9 Å². The van der Waals surface area contributed by atoms with Crippen LogP contribution in [0.25, 0.3) is 0 Å². The lowest BCUT2D eigenvalue weighted by Gasteiger charge is -2.18. The van der Waals surface area contributed by atoms with Gasteiger partial charge in [-0.15, -0.1) is 0 Å². The SMILES string of the molecule is CCC(C)CCCCCCCCC(=O)OC[C@@H](COC(=O)CCCCCCCCCCCCCCCCCCCCC(C)C)OC(=O)CCCCCCCCCCCCC(C)C. The molecule has 6 heteroatoms. The Bertz CT molecular complexity index is 962. The minimum absolute atomic E-state index is 0.0648. The van der Waals surface area contributed by atoms with Crippen molar-refractivity contribution in [3.05, 3.63) is 0 Å².